The van der Waals surface area contributed by atoms with Crippen LogP contribution in [0.5, 0.6) is 0 Å². The van der Waals surface area contributed by atoms with E-state index in [-0.39, 0.29) is 6.10 Å². The van der Waals surface area contributed by atoms with Gasteiger partial charge < -0.3 is 9.84 Å². The summed E-state index contributed by atoms with van der Waals surface area (Å²) < 4.78 is 5.00. The maximum absolute atomic E-state index is 9.96. The third-order valence-electron chi connectivity index (χ3n) is 3.38. The standard InChI is InChI=1S/C12H24O2/c1-9-6-10(2)8-11(7-9)12(13)4-5-14-3/h9-13H,4-8H2,1-3H3. The molecule has 84 valence electrons. The van der Waals surface area contributed by atoms with Crippen LogP contribution in [0.15, 0.2) is 0 Å². The van der Waals surface area contributed by atoms with Gasteiger partial charge >= 0.3 is 0 Å². The van der Waals surface area contributed by atoms with Gasteiger partial charge in [-0.2, -0.15) is 0 Å². The Bertz CT molecular complexity index is 148. The maximum Gasteiger partial charge on any atom is 0.0590 e. The molecule has 1 N–H and O–H groups in total. The fourth-order valence-electron chi connectivity index (χ4n) is 2.80. The molecule has 0 aromatic heterocycles. The predicted octanol–water partition coefficient (Wildman–Crippen LogP) is 2.46. The molecular weight excluding hydrogens is 176 g/mol. The van der Waals surface area contributed by atoms with E-state index in [4.69, 9.17) is 4.74 Å². The molecule has 0 saturated heterocycles. The first kappa shape index (κ1) is 12.0. The van der Waals surface area contributed by atoms with Crippen LogP contribution in [0.1, 0.15) is 39.5 Å². The molecule has 2 nitrogen and oxygen atoms in total. The topological polar surface area (TPSA) is 29.5 Å². The smallest absolute Gasteiger partial charge is 0.0590 e. The van der Waals surface area contributed by atoms with Gasteiger partial charge in [-0.1, -0.05) is 13.8 Å². The summed E-state index contributed by atoms with van der Waals surface area (Å²) in [5.74, 6) is 2.06. The van der Waals surface area contributed by atoms with E-state index in [1.54, 1.807) is 7.11 Å². The summed E-state index contributed by atoms with van der Waals surface area (Å²) in [4.78, 5) is 0. The van der Waals surface area contributed by atoms with Gasteiger partial charge in [0.2, 0.25) is 0 Å². The largest absolute Gasteiger partial charge is 0.393 e. The zero-order valence-electron chi connectivity index (χ0n) is 9.70. The summed E-state index contributed by atoms with van der Waals surface area (Å²) in [6.45, 7) is 5.28. The summed E-state index contributed by atoms with van der Waals surface area (Å²) >= 11 is 0. The van der Waals surface area contributed by atoms with Gasteiger partial charge in [0, 0.05) is 13.7 Å². The second-order valence-corrected chi connectivity index (χ2v) is 5.03. The van der Waals surface area contributed by atoms with Crippen molar-refractivity contribution >= 4 is 0 Å². The van der Waals surface area contributed by atoms with Crippen LogP contribution in [0.2, 0.25) is 0 Å². The van der Waals surface area contributed by atoms with E-state index in [9.17, 15) is 5.11 Å². The predicted molar refractivity (Wildman–Crippen MR) is 58.2 cm³/mol. The van der Waals surface area contributed by atoms with Crippen LogP contribution in [0.4, 0.5) is 0 Å². The third kappa shape index (κ3) is 3.58. The second-order valence-electron chi connectivity index (χ2n) is 5.03. The van der Waals surface area contributed by atoms with Crippen molar-refractivity contribution in [3.05, 3.63) is 0 Å². The van der Waals surface area contributed by atoms with Gasteiger partial charge in [-0.15, -0.1) is 0 Å². The van der Waals surface area contributed by atoms with E-state index in [1.165, 1.54) is 19.3 Å². The molecule has 1 aliphatic rings. The highest BCUT2D eigenvalue weighted by Crippen LogP contribution is 2.35. The lowest BCUT2D eigenvalue weighted by molar-refractivity contribution is 0.0308. The molecule has 1 fully saturated rings. The number of ether oxygens (including phenoxy) is 1. The number of aliphatic hydroxyl groups is 1. The zero-order chi connectivity index (χ0) is 10.6. The van der Waals surface area contributed by atoms with Gasteiger partial charge in [0.25, 0.3) is 0 Å². The van der Waals surface area contributed by atoms with Crippen molar-refractivity contribution in [2.24, 2.45) is 17.8 Å². The highest BCUT2D eigenvalue weighted by Gasteiger charge is 2.28. The molecule has 0 aliphatic heterocycles. The van der Waals surface area contributed by atoms with Crippen molar-refractivity contribution in [3.63, 3.8) is 0 Å². The van der Waals surface area contributed by atoms with Gasteiger partial charge in [-0.3, -0.25) is 0 Å². The first-order valence-electron chi connectivity index (χ1n) is 5.80. The lowest BCUT2D eigenvalue weighted by atomic mass is 9.74. The Morgan fingerprint density at radius 1 is 1.21 bits per heavy atom. The first-order valence-corrected chi connectivity index (χ1v) is 5.80. The van der Waals surface area contributed by atoms with Gasteiger partial charge in [0.15, 0.2) is 0 Å². The Balaban J connectivity index is 2.34. The second kappa shape index (κ2) is 5.72. The van der Waals surface area contributed by atoms with Crippen LogP contribution < -0.4 is 0 Å². The van der Waals surface area contributed by atoms with Gasteiger partial charge in [0.05, 0.1) is 6.10 Å². The molecule has 0 heterocycles. The zero-order valence-corrected chi connectivity index (χ0v) is 9.70. The first-order chi connectivity index (χ1) is 6.63. The molecule has 1 aliphatic carbocycles. The molecule has 3 atom stereocenters. The van der Waals surface area contributed by atoms with Crippen LogP contribution in [-0.2, 0) is 4.74 Å². The van der Waals surface area contributed by atoms with Crippen molar-refractivity contribution in [2.45, 2.75) is 45.6 Å². The Labute approximate surface area is 87.7 Å². The number of hydrogen-bond acceptors (Lipinski definition) is 2. The van der Waals surface area contributed by atoms with Crippen molar-refractivity contribution in [3.8, 4) is 0 Å². The summed E-state index contributed by atoms with van der Waals surface area (Å²) in [5.41, 5.74) is 0. The Kier molecular flexibility index (Phi) is 4.90. The molecule has 3 unspecified atom stereocenters. The quantitative estimate of drug-likeness (QED) is 0.755. The molecule has 14 heavy (non-hydrogen) atoms. The van der Waals surface area contributed by atoms with Crippen LogP contribution >= 0.6 is 0 Å². The molecule has 0 spiro atoms. The number of aliphatic hydroxyl groups excluding tert-OH is 1. The van der Waals surface area contributed by atoms with E-state index < -0.39 is 0 Å². The Morgan fingerprint density at radius 3 is 2.29 bits per heavy atom. The van der Waals surface area contributed by atoms with Crippen LogP contribution in [0.3, 0.4) is 0 Å². The minimum atomic E-state index is -0.153. The SMILES string of the molecule is COCCC(O)C1CC(C)CC(C)C1. The monoisotopic (exact) mass is 200 g/mol. The van der Waals surface area contributed by atoms with Gasteiger partial charge in [0.1, 0.15) is 0 Å². The average Bonchev–Trinajstić information content (AvgIpc) is 2.12. The lowest BCUT2D eigenvalue weighted by Gasteiger charge is -2.34. The molecule has 0 bridgehead atoms. The van der Waals surface area contributed by atoms with E-state index >= 15 is 0 Å². The number of methoxy groups -OCH3 is 1. The van der Waals surface area contributed by atoms with Gasteiger partial charge in [-0.05, 0) is 43.4 Å². The summed E-state index contributed by atoms with van der Waals surface area (Å²) in [6, 6.07) is 0. The normalized spacial score (nSPS) is 35.6. The van der Waals surface area contributed by atoms with E-state index in [2.05, 4.69) is 13.8 Å². The molecule has 2 heteroatoms. The lowest BCUT2D eigenvalue weighted by Crippen LogP contribution is -2.30. The molecule has 1 rings (SSSR count). The summed E-state index contributed by atoms with van der Waals surface area (Å²) in [6.07, 6.45) is 4.35. The fourth-order valence-corrected chi connectivity index (χ4v) is 2.80. The van der Waals surface area contributed by atoms with E-state index in [0.717, 1.165) is 18.3 Å². The van der Waals surface area contributed by atoms with Crippen molar-refractivity contribution in [1.82, 2.24) is 0 Å². The summed E-state index contributed by atoms with van der Waals surface area (Å²) in [5, 5.41) is 9.96. The van der Waals surface area contributed by atoms with Crippen molar-refractivity contribution < 1.29 is 9.84 Å². The average molecular weight is 200 g/mol. The van der Waals surface area contributed by atoms with E-state index in [1.807, 2.05) is 0 Å². The summed E-state index contributed by atoms with van der Waals surface area (Å²) in [7, 11) is 1.69. The minimum Gasteiger partial charge on any atom is -0.393 e. The molecule has 0 aromatic carbocycles. The molecular formula is C12H24O2. The Morgan fingerprint density at radius 2 is 1.79 bits per heavy atom. The number of rotatable bonds is 4. The third-order valence-corrected chi connectivity index (χ3v) is 3.38. The van der Waals surface area contributed by atoms with Crippen molar-refractivity contribution in [1.29, 1.82) is 0 Å². The molecule has 1 saturated carbocycles. The number of hydrogen-bond donors (Lipinski definition) is 1. The van der Waals surface area contributed by atoms with Crippen LogP contribution in [-0.4, -0.2) is 24.9 Å². The van der Waals surface area contributed by atoms with Gasteiger partial charge in [-0.25, -0.2) is 0 Å². The minimum absolute atomic E-state index is 0.153. The molecule has 0 radical (unpaired) electrons. The highest BCUT2D eigenvalue weighted by atomic mass is 16.5. The molecule has 0 amide bonds. The fraction of sp³-hybridized carbons (Fsp3) is 1.00. The van der Waals surface area contributed by atoms with E-state index in [0.29, 0.717) is 12.5 Å². The highest BCUT2D eigenvalue weighted by molar-refractivity contribution is 4.79. The molecule has 0 aromatic rings. The maximum atomic E-state index is 9.96. The van der Waals surface area contributed by atoms with Crippen LogP contribution in [0.25, 0.3) is 0 Å². The van der Waals surface area contributed by atoms with Crippen molar-refractivity contribution in [2.75, 3.05) is 13.7 Å². The Hall–Kier alpha value is -0.0800. The van der Waals surface area contributed by atoms with Crippen LogP contribution in [0, 0.1) is 17.8 Å².